The number of hydrogen-bond donors (Lipinski definition) is 1. The van der Waals surface area contributed by atoms with E-state index in [0.717, 1.165) is 24.7 Å². The smallest absolute Gasteiger partial charge is 0.0250 e. The predicted octanol–water partition coefficient (Wildman–Crippen LogP) is 2.47. The molecule has 3 heteroatoms. The zero-order chi connectivity index (χ0) is 13.8. The molecule has 2 aliphatic carbocycles. The van der Waals surface area contributed by atoms with Crippen molar-refractivity contribution in [1.29, 1.82) is 0 Å². The van der Waals surface area contributed by atoms with Gasteiger partial charge in [0.05, 0.1) is 0 Å². The van der Waals surface area contributed by atoms with Gasteiger partial charge in [-0.3, -0.25) is 9.80 Å². The first kappa shape index (κ1) is 14.8. The molecule has 20 heavy (non-hydrogen) atoms. The summed E-state index contributed by atoms with van der Waals surface area (Å²) in [5, 5.41) is 3.79. The van der Waals surface area contributed by atoms with Gasteiger partial charge in [-0.05, 0) is 32.2 Å². The number of rotatable bonds is 4. The van der Waals surface area contributed by atoms with Gasteiger partial charge < -0.3 is 5.32 Å². The van der Waals surface area contributed by atoms with E-state index in [1.54, 1.807) is 0 Å². The number of piperazine rings is 1. The van der Waals surface area contributed by atoms with Crippen LogP contribution in [0.5, 0.6) is 0 Å². The van der Waals surface area contributed by atoms with Gasteiger partial charge >= 0.3 is 0 Å². The highest BCUT2D eigenvalue weighted by Gasteiger charge is 2.34. The van der Waals surface area contributed by atoms with Crippen LogP contribution in [0.4, 0.5) is 0 Å². The molecule has 0 aromatic rings. The first-order valence-corrected chi connectivity index (χ1v) is 9.10. The molecule has 3 aliphatic rings. The highest BCUT2D eigenvalue weighted by atomic mass is 15.3. The molecule has 2 atom stereocenters. The van der Waals surface area contributed by atoms with E-state index in [4.69, 9.17) is 0 Å². The minimum atomic E-state index is 0.743. The summed E-state index contributed by atoms with van der Waals surface area (Å²) in [5.74, 6) is 0. The van der Waals surface area contributed by atoms with Gasteiger partial charge in [-0.1, -0.05) is 32.6 Å². The van der Waals surface area contributed by atoms with Crippen LogP contribution in [-0.2, 0) is 0 Å². The molecular weight excluding hydrogens is 246 g/mol. The van der Waals surface area contributed by atoms with Crippen molar-refractivity contribution >= 4 is 0 Å². The molecular formula is C17H33N3. The molecule has 0 bridgehead atoms. The molecule has 1 aliphatic heterocycles. The SMILES string of the molecule is CCNC1CCCCCCC1N1CCN(C2CC2)CC1. The molecule has 0 radical (unpaired) electrons. The molecule has 0 aromatic heterocycles. The fraction of sp³-hybridized carbons (Fsp3) is 1.00. The van der Waals surface area contributed by atoms with Gasteiger partial charge in [0.2, 0.25) is 0 Å². The van der Waals surface area contributed by atoms with Crippen LogP contribution in [0.25, 0.3) is 0 Å². The highest BCUT2D eigenvalue weighted by Crippen LogP contribution is 2.29. The molecule has 2 unspecified atom stereocenters. The Balaban J connectivity index is 1.56. The van der Waals surface area contributed by atoms with E-state index in [1.807, 2.05) is 0 Å². The van der Waals surface area contributed by atoms with Crippen molar-refractivity contribution in [3.05, 3.63) is 0 Å². The van der Waals surface area contributed by atoms with Crippen LogP contribution in [-0.4, -0.2) is 60.6 Å². The van der Waals surface area contributed by atoms with Crippen molar-refractivity contribution < 1.29 is 0 Å². The van der Waals surface area contributed by atoms with Crippen molar-refractivity contribution in [1.82, 2.24) is 15.1 Å². The minimum Gasteiger partial charge on any atom is -0.313 e. The van der Waals surface area contributed by atoms with Gasteiger partial charge in [0.1, 0.15) is 0 Å². The van der Waals surface area contributed by atoms with Gasteiger partial charge in [0.15, 0.2) is 0 Å². The number of hydrogen-bond acceptors (Lipinski definition) is 3. The van der Waals surface area contributed by atoms with Gasteiger partial charge in [0, 0.05) is 44.3 Å². The molecule has 1 heterocycles. The Bertz CT molecular complexity index is 282. The minimum absolute atomic E-state index is 0.743. The molecule has 1 saturated heterocycles. The maximum Gasteiger partial charge on any atom is 0.0250 e. The fourth-order valence-electron chi connectivity index (χ4n) is 4.28. The second kappa shape index (κ2) is 7.24. The van der Waals surface area contributed by atoms with Crippen molar-refractivity contribution in [3.8, 4) is 0 Å². The second-order valence-corrected chi connectivity index (χ2v) is 7.03. The Labute approximate surface area is 125 Å². The number of likely N-dealkylation sites (N-methyl/N-ethyl adjacent to an activating group) is 1. The first-order chi connectivity index (χ1) is 9.88. The molecule has 3 nitrogen and oxygen atoms in total. The van der Waals surface area contributed by atoms with Crippen LogP contribution in [0, 0.1) is 0 Å². The summed E-state index contributed by atoms with van der Waals surface area (Å²) in [4.78, 5) is 5.55. The Morgan fingerprint density at radius 3 is 2.10 bits per heavy atom. The van der Waals surface area contributed by atoms with E-state index >= 15 is 0 Å². The third-order valence-electron chi connectivity index (χ3n) is 5.58. The number of nitrogens with zero attached hydrogens (tertiary/aromatic N) is 2. The van der Waals surface area contributed by atoms with E-state index in [9.17, 15) is 0 Å². The molecule has 116 valence electrons. The Kier molecular flexibility index (Phi) is 5.36. The Hall–Kier alpha value is -0.120. The third kappa shape index (κ3) is 3.75. The van der Waals surface area contributed by atoms with Crippen LogP contribution in [0.1, 0.15) is 58.3 Å². The van der Waals surface area contributed by atoms with Crippen molar-refractivity contribution in [3.63, 3.8) is 0 Å². The number of nitrogens with one attached hydrogen (secondary N) is 1. The van der Waals surface area contributed by atoms with Crippen LogP contribution >= 0.6 is 0 Å². The lowest BCUT2D eigenvalue weighted by Crippen LogP contribution is -2.57. The fourth-order valence-corrected chi connectivity index (χ4v) is 4.28. The van der Waals surface area contributed by atoms with E-state index in [2.05, 4.69) is 22.0 Å². The maximum absolute atomic E-state index is 3.79. The quantitative estimate of drug-likeness (QED) is 0.853. The van der Waals surface area contributed by atoms with Gasteiger partial charge in [-0.25, -0.2) is 0 Å². The second-order valence-electron chi connectivity index (χ2n) is 7.03. The maximum atomic E-state index is 3.79. The predicted molar refractivity (Wildman–Crippen MR) is 85.1 cm³/mol. The van der Waals surface area contributed by atoms with Gasteiger partial charge in [0.25, 0.3) is 0 Å². The van der Waals surface area contributed by atoms with E-state index in [1.165, 1.54) is 77.5 Å². The molecule has 3 rings (SSSR count). The highest BCUT2D eigenvalue weighted by molar-refractivity contribution is 4.92. The largest absolute Gasteiger partial charge is 0.313 e. The standard InChI is InChI=1S/C17H33N3/c1-2-18-16-7-5-3-4-6-8-17(16)20-13-11-19(12-14-20)15-9-10-15/h15-18H,2-14H2,1H3. The molecule has 2 saturated carbocycles. The summed E-state index contributed by atoms with van der Waals surface area (Å²) in [6.45, 7) is 8.65. The van der Waals surface area contributed by atoms with Crippen LogP contribution in [0.3, 0.4) is 0 Å². The van der Waals surface area contributed by atoms with Crippen LogP contribution in [0.2, 0.25) is 0 Å². The van der Waals surface area contributed by atoms with E-state index < -0.39 is 0 Å². The molecule has 0 aromatic carbocycles. The zero-order valence-corrected chi connectivity index (χ0v) is 13.3. The average molecular weight is 279 g/mol. The summed E-state index contributed by atoms with van der Waals surface area (Å²) >= 11 is 0. The van der Waals surface area contributed by atoms with Crippen molar-refractivity contribution in [2.24, 2.45) is 0 Å². The summed E-state index contributed by atoms with van der Waals surface area (Å²) in [5.41, 5.74) is 0. The first-order valence-electron chi connectivity index (χ1n) is 9.10. The molecule has 1 N–H and O–H groups in total. The average Bonchev–Trinajstić information content (AvgIpc) is 3.27. The summed E-state index contributed by atoms with van der Waals surface area (Å²) < 4.78 is 0. The Morgan fingerprint density at radius 2 is 1.45 bits per heavy atom. The molecule has 0 spiro atoms. The van der Waals surface area contributed by atoms with Crippen molar-refractivity contribution in [2.45, 2.75) is 76.4 Å². The lowest BCUT2D eigenvalue weighted by molar-refractivity contribution is 0.0647. The normalized spacial score (nSPS) is 34.6. The van der Waals surface area contributed by atoms with E-state index in [-0.39, 0.29) is 0 Å². The molecule has 3 fully saturated rings. The summed E-state index contributed by atoms with van der Waals surface area (Å²) in [7, 11) is 0. The summed E-state index contributed by atoms with van der Waals surface area (Å²) in [6.07, 6.45) is 11.5. The van der Waals surface area contributed by atoms with Gasteiger partial charge in [-0.15, -0.1) is 0 Å². The lowest BCUT2D eigenvalue weighted by atomic mass is 9.90. The van der Waals surface area contributed by atoms with Gasteiger partial charge in [-0.2, -0.15) is 0 Å². The third-order valence-corrected chi connectivity index (χ3v) is 5.58. The van der Waals surface area contributed by atoms with E-state index in [0.29, 0.717) is 0 Å². The Morgan fingerprint density at radius 1 is 0.800 bits per heavy atom. The monoisotopic (exact) mass is 279 g/mol. The van der Waals surface area contributed by atoms with Crippen LogP contribution < -0.4 is 5.32 Å². The molecule has 0 amide bonds. The summed E-state index contributed by atoms with van der Waals surface area (Å²) in [6, 6.07) is 2.50. The van der Waals surface area contributed by atoms with Crippen molar-refractivity contribution in [2.75, 3.05) is 32.7 Å². The topological polar surface area (TPSA) is 18.5 Å². The van der Waals surface area contributed by atoms with Crippen LogP contribution in [0.15, 0.2) is 0 Å². The zero-order valence-electron chi connectivity index (χ0n) is 13.3. The lowest BCUT2D eigenvalue weighted by Gasteiger charge is -2.43.